The molecule has 0 fully saturated rings. The van der Waals surface area contributed by atoms with E-state index in [1.807, 2.05) is 30.3 Å². The number of hydrogen-bond acceptors (Lipinski definition) is 4. The Morgan fingerprint density at radius 1 is 0.960 bits per heavy atom. The number of amides is 2. The third-order valence-corrected chi connectivity index (χ3v) is 3.41. The molecule has 2 aromatic rings. The summed E-state index contributed by atoms with van der Waals surface area (Å²) in [5.74, 6) is -1.57. The topological polar surface area (TPSA) is 84.5 Å². The molecule has 2 amide bonds. The highest BCUT2D eigenvalue weighted by atomic mass is 35.5. The van der Waals surface area contributed by atoms with E-state index in [1.165, 1.54) is 6.07 Å². The zero-order chi connectivity index (χ0) is 18.1. The molecular weight excluding hydrogens is 344 g/mol. The number of benzene rings is 2. The molecule has 0 atom stereocenters. The van der Waals surface area contributed by atoms with E-state index in [0.29, 0.717) is 17.1 Å². The van der Waals surface area contributed by atoms with Gasteiger partial charge in [-0.3, -0.25) is 14.4 Å². The standard InChI is InChI=1S/C18H17ClN2O4/c19-15-8-4-7-14(9-15)18(24)21-11-17(23)25-12-16(22)20-10-13-5-2-1-3-6-13/h1-9H,10-12H2,(H,20,22)(H,21,24). The van der Waals surface area contributed by atoms with Crippen molar-refractivity contribution >= 4 is 29.4 Å². The molecule has 7 heteroatoms. The molecule has 25 heavy (non-hydrogen) atoms. The molecule has 2 N–H and O–H groups in total. The van der Waals surface area contributed by atoms with Crippen molar-refractivity contribution in [1.82, 2.24) is 10.6 Å². The molecule has 6 nitrogen and oxygen atoms in total. The number of nitrogens with one attached hydrogen (secondary N) is 2. The van der Waals surface area contributed by atoms with Crippen LogP contribution in [-0.4, -0.2) is 30.9 Å². The van der Waals surface area contributed by atoms with Crippen molar-refractivity contribution in [3.8, 4) is 0 Å². The van der Waals surface area contributed by atoms with Gasteiger partial charge in [0.15, 0.2) is 6.61 Å². The Balaban J connectivity index is 1.66. The zero-order valence-corrected chi connectivity index (χ0v) is 14.1. The fraction of sp³-hybridized carbons (Fsp3) is 0.167. The van der Waals surface area contributed by atoms with Crippen LogP contribution in [0.1, 0.15) is 15.9 Å². The van der Waals surface area contributed by atoms with E-state index in [9.17, 15) is 14.4 Å². The normalized spacial score (nSPS) is 9.96. The maximum Gasteiger partial charge on any atom is 0.325 e. The molecule has 0 bridgehead atoms. The van der Waals surface area contributed by atoms with Crippen LogP contribution in [0.5, 0.6) is 0 Å². The number of esters is 1. The first-order valence-corrected chi connectivity index (χ1v) is 7.92. The fourth-order valence-electron chi connectivity index (χ4n) is 1.93. The van der Waals surface area contributed by atoms with Gasteiger partial charge in [-0.15, -0.1) is 0 Å². The van der Waals surface area contributed by atoms with Crippen molar-refractivity contribution in [2.24, 2.45) is 0 Å². The summed E-state index contributed by atoms with van der Waals surface area (Å²) in [6.07, 6.45) is 0. The van der Waals surface area contributed by atoms with Crippen LogP contribution in [0.4, 0.5) is 0 Å². The average Bonchev–Trinajstić information content (AvgIpc) is 2.63. The summed E-state index contributed by atoms with van der Waals surface area (Å²) in [4.78, 5) is 35.1. The van der Waals surface area contributed by atoms with E-state index in [1.54, 1.807) is 18.2 Å². The second kappa shape index (κ2) is 9.44. The molecule has 0 saturated carbocycles. The Morgan fingerprint density at radius 2 is 1.72 bits per heavy atom. The van der Waals surface area contributed by atoms with Gasteiger partial charge in [0.05, 0.1) is 0 Å². The highest BCUT2D eigenvalue weighted by Crippen LogP contribution is 2.10. The van der Waals surface area contributed by atoms with Gasteiger partial charge < -0.3 is 15.4 Å². The molecule has 2 aromatic carbocycles. The van der Waals surface area contributed by atoms with E-state index in [4.69, 9.17) is 16.3 Å². The van der Waals surface area contributed by atoms with Gasteiger partial charge in [-0.1, -0.05) is 48.0 Å². The summed E-state index contributed by atoms with van der Waals surface area (Å²) in [7, 11) is 0. The second-order valence-electron chi connectivity index (χ2n) is 5.12. The van der Waals surface area contributed by atoms with Gasteiger partial charge in [0, 0.05) is 17.1 Å². The van der Waals surface area contributed by atoms with Crippen molar-refractivity contribution < 1.29 is 19.1 Å². The van der Waals surface area contributed by atoms with Crippen molar-refractivity contribution in [2.75, 3.05) is 13.2 Å². The third-order valence-electron chi connectivity index (χ3n) is 3.18. The Hall–Kier alpha value is -2.86. The minimum Gasteiger partial charge on any atom is -0.454 e. The number of rotatable bonds is 7. The van der Waals surface area contributed by atoms with E-state index in [-0.39, 0.29) is 6.54 Å². The largest absolute Gasteiger partial charge is 0.454 e. The molecule has 0 radical (unpaired) electrons. The van der Waals surface area contributed by atoms with Crippen LogP contribution in [-0.2, 0) is 20.9 Å². The predicted molar refractivity (Wildman–Crippen MR) is 93.0 cm³/mol. The van der Waals surface area contributed by atoms with Crippen LogP contribution in [0, 0.1) is 0 Å². The Kier molecular flexibility index (Phi) is 6.98. The lowest BCUT2D eigenvalue weighted by Crippen LogP contribution is -2.33. The molecule has 130 valence electrons. The number of halogens is 1. The van der Waals surface area contributed by atoms with Crippen LogP contribution in [0.15, 0.2) is 54.6 Å². The fourth-order valence-corrected chi connectivity index (χ4v) is 2.12. The maximum absolute atomic E-state index is 11.8. The van der Waals surface area contributed by atoms with Crippen molar-refractivity contribution in [2.45, 2.75) is 6.54 Å². The first-order valence-electron chi connectivity index (χ1n) is 7.54. The van der Waals surface area contributed by atoms with Crippen LogP contribution in [0.25, 0.3) is 0 Å². The van der Waals surface area contributed by atoms with Crippen LogP contribution in [0.2, 0.25) is 5.02 Å². The Bertz CT molecular complexity index is 750. The van der Waals surface area contributed by atoms with E-state index in [0.717, 1.165) is 5.56 Å². The maximum atomic E-state index is 11.8. The van der Waals surface area contributed by atoms with E-state index in [2.05, 4.69) is 10.6 Å². The third kappa shape index (κ3) is 6.64. The quantitative estimate of drug-likeness (QED) is 0.739. The predicted octanol–water partition coefficient (Wildman–Crippen LogP) is 1.93. The molecule has 0 aliphatic carbocycles. The van der Waals surface area contributed by atoms with Gasteiger partial charge in [-0.2, -0.15) is 0 Å². The summed E-state index contributed by atoms with van der Waals surface area (Å²) >= 11 is 5.79. The van der Waals surface area contributed by atoms with Gasteiger partial charge in [-0.05, 0) is 23.8 Å². The first kappa shape index (κ1) is 18.5. The summed E-state index contributed by atoms with van der Waals surface area (Å²) in [5.41, 5.74) is 1.27. The minimum atomic E-state index is -0.703. The molecule has 0 aromatic heterocycles. The summed E-state index contributed by atoms with van der Waals surface area (Å²) in [6.45, 7) is -0.390. The molecular formula is C18H17ClN2O4. The summed E-state index contributed by atoms with van der Waals surface area (Å²) in [6, 6.07) is 15.7. The lowest BCUT2D eigenvalue weighted by molar-refractivity contribution is -0.147. The SMILES string of the molecule is O=C(COC(=O)CNC(=O)c1cccc(Cl)c1)NCc1ccccc1. The summed E-state index contributed by atoms with van der Waals surface area (Å²) in [5, 5.41) is 5.46. The number of hydrogen-bond donors (Lipinski definition) is 2. The molecule has 0 saturated heterocycles. The van der Waals surface area contributed by atoms with Crippen LogP contribution >= 0.6 is 11.6 Å². The van der Waals surface area contributed by atoms with Crippen molar-refractivity contribution in [3.05, 3.63) is 70.7 Å². The van der Waals surface area contributed by atoms with Gasteiger partial charge in [-0.25, -0.2) is 0 Å². The summed E-state index contributed by atoms with van der Waals surface area (Å²) < 4.78 is 4.81. The van der Waals surface area contributed by atoms with Gasteiger partial charge >= 0.3 is 5.97 Å². The highest BCUT2D eigenvalue weighted by molar-refractivity contribution is 6.30. The Morgan fingerprint density at radius 3 is 2.44 bits per heavy atom. The monoisotopic (exact) mass is 360 g/mol. The van der Waals surface area contributed by atoms with Gasteiger partial charge in [0.2, 0.25) is 0 Å². The average molecular weight is 361 g/mol. The molecule has 0 heterocycles. The van der Waals surface area contributed by atoms with Gasteiger partial charge in [0.25, 0.3) is 11.8 Å². The van der Waals surface area contributed by atoms with Crippen molar-refractivity contribution in [3.63, 3.8) is 0 Å². The molecule has 0 aliphatic heterocycles. The zero-order valence-electron chi connectivity index (χ0n) is 13.3. The molecule has 0 aliphatic rings. The van der Waals surface area contributed by atoms with Crippen LogP contribution < -0.4 is 10.6 Å². The minimum absolute atomic E-state index is 0.334. The highest BCUT2D eigenvalue weighted by Gasteiger charge is 2.11. The number of carbonyl (C=O) groups is 3. The van der Waals surface area contributed by atoms with Crippen molar-refractivity contribution in [1.29, 1.82) is 0 Å². The second-order valence-corrected chi connectivity index (χ2v) is 5.55. The molecule has 0 unspecified atom stereocenters. The van der Waals surface area contributed by atoms with Crippen LogP contribution in [0.3, 0.4) is 0 Å². The molecule has 2 rings (SSSR count). The lowest BCUT2D eigenvalue weighted by Gasteiger charge is -2.08. The number of ether oxygens (including phenoxy) is 1. The van der Waals surface area contributed by atoms with Gasteiger partial charge in [0.1, 0.15) is 6.54 Å². The van der Waals surface area contributed by atoms with E-state index >= 15 is 0 Å². The molecule has 0 spiro atoms. The lowest BCUT2D eigenvalue weighted by atomic mass is 10.2. The first-order chi connectivity index (χ1) is 12.0. The van der Waals surface area contributed by atoms with E-state index < -0.39 is 24.4 Å². The smallest absolute Gasteiger partial charge is 0.325 e. The Labute approximate surface area is 150 Å². The number of carbonyl (C=O) groups excluding carboxylic acids is 3.